The molecule has 1 aliphatic rings. The van der Waals surface area contributed by atoms with E-state index in [2.05, 4.69) is 31.4 Å². The highest BCUT2D eigenvalue weighted by Gasteiger charge is 2.26. The van der Waals surface area contributed by atoms with Crippen LogP contribution in [0.15, 0.2) is 27.6 Å². The number of nitrogens with one attached hydrogen (secondary N) is 2. The third kappa shape index (κ3) is 2.53. The smallest absolute Gasteiger partial charge is 0.263 e. The number of aryl methyl sites for hydroxylation is 1. The van der Waals surface area contributed by atoms with Crippen molar-refractivity contribution in [3.63, 3.8) is 0 Å². The number of hydrogen-bond acceptors (Lipinski definition) is 3. The van der Waals surface area contributed by atoms with Crippen molar-refractivity contribution in [2.45, 2.75) is 25.8 Å². The Balaban J connectivity index is 1.93. The summed E-state index contributed by atoms with van der Waals surface area (Å²) in [5.74, 6) is -0.0398. The standard InChI is InChI=1S/C13H13BrN4O2/c1-7-4-11(17-16-7)15-12(19)10-5-8(14)6-18(13(10)20)9-2-3-9/h4-6,9H,2-3H2,1H3,(H2,15,16,17,19). The van der Waals surface area contributed by atoms with E-state index in [1.54, 1.807) is 16.8 Å². The predicted octanol–water partition coefficient (Wildman–Crippen LogP) is 2.23. The van der Waals surface area contributed by atoms with Crippen molar-refractivity contribution < 1.29 is 4.79 Å². The van der Waals surface area contributed by atoms with Crippen LogP contribution in [0.4, 0.5) is 5.82 Å². The minimum Gasteiger partial charge on any atom is -0.311 e. The number of aromatic amines is 1. The van der Waals surface area contributed by atoms with Gasteiger partial charge in [-0.05, 0) is 41.8 Å². The maximum absolute atomic E-state index is 12.3. The highest BCUT2D eigenvalue weighted by molar-refractivity contribution is 9.10. The lowest BCUT2D eigenvalue weighted by Crippen LogP contribution is -2.28. The molecule has 104 valence electrons. The molecule has 1 saturated carbocycles. The van der Waals surface area contributed by atoms with E-state index in [0.29, 0.717) is 10.3 Å². The summed E-state index contributed by atoms with van der Waals surface area (Å²) < 4.78 is 2.33. The zero-order valence-electron chi connectivity index (χ0n) is 10.8. The molecule has 0 aromatic carbocycles. The Morgan fingerprint density at radius 3 is 2.85 bits per heavy atom. The predicted molar refractivity (Wildman–Crippen MR) is 78.0 cm³/mol. The van der Waals surface area contributed by atoms with Gasteiger partial charge in [0.25, 0.3) is 11.5 Å². The van der Waals surface area contributed by atoms with Crippen molar-refractivity contribution in [3.8, 4) is 0 Å². The van der Waals surface area contributed by atoms with Crippen LogP contribution in [0.5, 0.6) is 0 Å². The maximum Gasteiger partial charge on any atom is 0.263 e. The fourth-order valence-corrected chi connectivity index (χ4v) is 2.47. The van der Waals surface area contributed by atoms with Gasteiger partial charge in [0.05, 0.1) is 0 Å². The second-order valence-corrected chi connectivity index (χ2v) is 5.82. The van der Waals surface area contributed by atoms with E-state index in [0.717, 1.165) is 18.5 Å². The molecule has 2 aromatic heterocycles. The van der Waals surface area contributed by atoms with Crippen molar-refractivity contribution >= 4 is 27.7 Å². The Labute approximate surface area is 123 Å². The molecule has 20 heavy (non-hydrogen) atoms. The molecule has 7 heteroatoms. The summed E-state index contributed by atoms with van der Waals surface area (Å²) in [6.07, 6.45) is 3.70. The lowest BCUT2D eigenvalue weighted by Gasteiger charge is -2.08. The zero-order chi connectivity index (χ0) is 14.3. The van der Waals surface area contributed by atoms with Gasteiger partial charge in [0.15, 0.2) is 5.82 Å². The number of carbonyl (C=O) groups is 1. The second kappa shape index (κ2) is 4.90. The Morgan fingerprint density at radius 1 is 1.50 bits per heavy atom. The van der Waals surface area contributed by atoms with E-state index in [1.165, 1.54) is 6.07 Å². The molecule has 2 aromatic rings. The molecule has 3 rings (SSSR count). The Morgan fingerprint density at radius 2 is 2.25 bits per heavy atom. The zero-order valence-corrected chi connectivity index (χ0v) is 12.4. The van der Waals surface area contributed by atoms with E-state index in [9.17, 15) is 9.59 Å². The fourth-order valence-electron chi connectivity index (χ4n) is 2.02. The average Bonchev–Trinajstić information content (AvgIpc) is 3.16. The van der Waals surface area contributed by atoms with E-state index in [4.69, 9.17) is 0 Å². The van der Waals surface area contributed by atoms with Gasteiger partial charge in [0, 0.05) is 28.5 Å². The van der Waals surface area contributed by atoms with Gasteiger partial charge in [0.2, 0.25) is 0 Å². The normalized spacial score (nSPS) is 14.3. The van der Waals surface area contributed by atoms with Crippen molar-refractivity contribution in [1.82, 2.24) is 14.8 Å². The summed E-state index contributed by atoms with van der Waals surface area (Å²) in [6, 6.07) is 3.46. The summed E-state index contributed by atoms with van der Waals surface area (Å²) in [7, 11) is 0. The highest BCUT2D eigenvalue weighted by atomic mass is 79.9. The van der Waals surface area contributed by atoms with Crippen LogP contribution in [0.1, 0.15) is 34.9 Å². The lowest BCUT2D eigenvalue weighted by atomic mass is 10.2. The monoisotopic (exact) mass is 336 g/mol. The molecule has 0 spiro atoms. The number of nitrogens with zero attached hydrogens (tertiary/aromatic N) is 2. The van der Waals surface area contributed by atoms with E-state index in [1.807, 2.05) is 6.92 Å². The summed E-state index contributed by atoms with van der Waals surface area (Å²) in [4.78, 5) is 24.5. The van der Waals surface area contributed by atoms with E-state index in [-0.39, 0.29) is 17.2 Å². The third-order valence-electron chi connectivity index (χ3n) is 3.14. The topological polar surface area (TPSA) is 79.8 Å². The molecule has 0 unspecified atom stereocenters. The number of aromatic nitrogens is 3. The van der Waals surface area contributed by atoms with Crippen LogP contribution in [0.2, 0.25) is 0 Å². The van der Waals surface area contributed by atoms with Crippen molar-refractivity contribution in [1.29, 1.82) is 0 Å². The summed E-state index contributed by atoms with van der Waals surface area (Å²) in [5.41, 5.74) is 0.692. The number of rotatable bonds is 3. The number of halogens is 1. The van der Waals surface area contributed by atoms with Gasteiger partial charge in [-0.25, -0.2) is 0 Å². The van der Waals surface area contributed by atoms with E-state index < -0.39 is 5.91 Å². The molecule has 2 heterocycles. The SMILES string of the molecule is Cc1cc(NC(=O)c2cc(Br)cn(C3CC3)c2=O)n[nH]1. The second-order valence-electron chi connectivity index (χ2n) is 4.91. The average molecular weight is 337 g/mol. The number of H-pyrrole nitrogens is 1. The minimum atomic E-state index is -0.447. The molecule has 0 saturated heterocycles. The molecule has 1 fully saturated rings. The Kier molecular flexibility index (Phi) is 3.21. The van der Waals surface area contributed by atoms with Gasteiger partial charge in [-0.15, -0.1) is 0 Å². The molecule has 2 N–H and O–H groups in total. The maximum atomic E-state index is 12.3. The van der Waals surface area contributed by atoms with Gasteiger partial charge < -0.3 is 9.88 Å². The van der Waals surface area contributed by atoms with Crippen LogP contribution in [-0.2, 0) is 0 Å². The summed E-state index contributed by atoms with van der Waals surface area (Å²) in [6.45, 7) is 1.84. The molecule has 1 amide bonds. The van der Waals surface area contributed by atoms with E-state index >= 15 is 0 Å². The van der Waals surface area contributed by atoms with Crippen LogP contribution < -0.4 is 10.9 Å². The largest absolute Gasteiger partial charge is 0.311 e. The van der Waals surface area contributed by atoms with Crippen LogP contribution in [0.25, 0.3) is 0 Å². The molecule has 6 nitrogen and oxygen atoms in total. The van der Waals surface area contributed by atoms with Gasteiger partial charge >= 0.3 is 0 Å². The molecular weight excluding hydrogens is 324 g/mol. The quantitative estimate of drug-likeness (QED) is 0.901. The minimum absolute atomic E-state index is 0.118. The number of hydrogen-bond donors (Lipinski definition) is 2. The molecule has 0 bridgehead atoms. The number of anilines is 1. The molecule has 0 aliphatic heterocycles. The van der Waals surface area contributed by atoms with Crippen LogP contribution >= 0.6 is 15.9 Å². The Bertz CT molecular complexity index is 730. The number of pyridine rings is 1. The van der Waals surface area contributed by atoms with Gasteiger partial charge in [-0.1, -0.05) is 0 Å². The molecule has 0 radical (unpaired) electrons. The highest BCUT2D eigenvalue weighted by Crippen LogP contribution is 2.34. The fraction of sp³-hybridized carbons (Fsp3) is 0.308. The van der Waals surface area contributed by atoms with Crippen LogP contribution in [0.3, 0.4) is 0 Å². The first-order valence-corrected chi connectivity index (χ1v) is 7.09. The first kappa shape index (κ1) is 13.1. The molecule has 0 atom stereocenters. The molecule has 1 aliphatic carbocycles. The number of amides is 1. The number of carbonyl (C=O) groups excluding carboxylic acids is 1. The first-order valence-electron chi connectivity index (χ1n) is 6.29. The Hall–Kier alpha value is -1.89. The van der Waals surface area contributed by atoms with Gasteiger partial charge in [-0.3, -0.25) is 14.7 Å². The van der Waals surface area contributed by atoms with Gasteiger partial charge in [0.1, 0.15) is 5.56 Å². The lowest BCUT2D eigenvalue weighted by molar-refractivity contribution is 0.102. The summed E-state index contributed by atoms with van der Waals surface area (Å²) in [5, 5.41) is 9.28. The van der Waals surface area contributed by atoms with Crippen molar-refractivity contribution in [2.75, 3.05) is 5.32 Å². The van der Waals surface area contributed by atoms with Crippen molar-refractivity contribution in [3.05, 3.63) is 44.4 Å². The van der Waals surface area contributed by atoms with Crippen LogP contribution in [-0.4, -0.2) is 20.7 Å². The van der Waals surface area contributed by atoms with Gasteiger partial charge in [-0.2, -0.15) is 5.10 Å². The summed E-state index contributed by atoms with van der Waals surface area (Å²) >= 11 is 3.34. The third-order valence-corrected chi connectivity index (χ3v) is 3.58. The van der Waals surface area contributed by atoms with Crippen molar-refractivity contribution in [2.24, 2.45) is 0 Å². The molecular formula is C13H13BrN4O2. The van der Waals surface area contributed by atoms with Crippen LogP contribution in [0, 0.1) is 6.92 Å². The first-order chi connectivity index (χ1) is 9.54.